The van der Waals surface area contributed by atoms with Crippen LogP contribution in [-0.4, -0.2) is 20.0 Å². The Morgan fingerprint density at radius 1 is 1.24 bits per heavy atom. The van der Waals surface area contributed by atoms with E-state index in [1.54, 1.807) is 0 Å². The lowest BCUT2D eigenvalue weighted by Crippen LogP contribution is -2.07. The first kappa shape index (κ1) is 12.6. The van der Waals surface area contributed by atoms with Crippen LogP contribution in [0, 0.1) is 0 Å². The Morgan fingerprint density at radius 2 is 1.94 bits per heavy atom. The summed E-state index contributed by atoms with van der Waals surface area (Å²) in [5.41, 5.74) is 0.0772. The lowest BCUT2D eigenvalue weighted by Gasteiger charge is -2.05. The normalized spacial score (nSPS) is 10.6. The molecule has 0 atom stereocenters. The second-order valence-electron chi connectivity index (χ2n) is 3.00. The molecule has 2 heterocycles. The van der Waals surface area contributed by atoms with Crippen LogP contribution in [0.3, 0.4) is 0 Å². The molecule has 0 saturated heterocycles. The van der Waals surface area contributed by atoms with Gasteiger partial charge in [-0.05, 0) is 17.7 Å². The van der Waals surface area contributed by atoms with Crippen LogP contribution in [0.1, 0.15) is 10.5 Å². The first-order chi connectivity index (χ1) is 7.99. The quantitative estimate of drug-likeness (QED) is 0.796. The molecular weight excluding hydrogens is 308 g/mol. The molecule has 0 amide bonds. The third kappa shape index (κ3) is 2.55. The van der Waals surface area contributed by atoms with Crippen molar-refractivity contribution < 1.29 is 4.79 Å². The first-order valence-corrected chi connectivity index (χ1v) is 5.77. The van der Waals surface area contributed by atoms with Gasteiger partial charge in [0.15, 0.2) is 11.0 Å². The summed E-state index contributed by atoms with van der Waals surface area (Å²) < 4.78 is 1.16. The van der Waals surface area contributed by atoms with Crippen molar-refractivity contribution in [1.82, 2.24) is 14.8 Å². The summed E-state index contributed by atoms with van der Waals surface area (Å²) in [6, 6.07) is 2.80. The molecule has 88 valence electrons. The highest BCUT2D eigenvalue weighted by molar-refractivity contribution is 6.67. The van der Waals surface area contributed by atoms with E-state index in [1.807, 2.05) is 0 Å². The number of hydrogen-bond donors (Lipinski definition) is 0. The number of nitrogens with zero attached hydrogens (tertiary/aromatic N) is 3. The fourth-order valence-electron chi connectivity index (χ4n) is 1.22. The number of carbonyl (C=O) groups is 1. The van der Waals surface area contributed by atoms with Crippen LogP contribution < -0.4 is 0 Å². The number of aromatic nitrogens is 3. The van der Waals surface area contributed by atoms with Gasteiger partial charge in [0.25, 0.3) is 5.24 Å². The molecule has 17 heavy (non-hydrogen) atoms. The molecule has 0 aliphatic heterocycles. The van der Waals surface area contributed by atoms with E-state index in [9.17, 15) is 4.79 Å². The number of rotatable bonds is 2. The molecule has 0 fully saturated rings. The van der Waals surface area contributed by atoms with Gasteiger partial charge in [0, 0.05) is 12.3 Å². The molecule has 0 unspecified atom stereocenters. The molecule has 2 aromatic heterocycles. The van der Waals surface area contributed by atoms with E-state index in [0.717, 1.165) is 4.68 Å². The molecule has 0 aliphatic carbocycles. The highest BCUT2D eigenvalue weighted by Crippen LogP contribution is 2.24. The van der Waals surface area contributed by atoms with E-state index in [2.05, 4.69) is 10.1 Å². The Balaban J connectivity index is 2.63. The Bertz CT molecular complexity index is 596. The van der Waals surface area contributed by atoms with Gasteiger partial charge in [-0.1, -0.05) is 34.8 Å². The zero-order valence-corrected chi connectivity index (χ0v) is 11.0. The van der Waals surface area contributed by atoms with Crippen LogP contribution in [0.2, 0.25) is 15.2 Å². The fourth-order valence-corrected chi connectivity index (χ4v) is 1.99. The summed E-state index contributed by atoms with van der Waals surface area (Å²) in [6.07, 6.45) is 1.38. The predicted molar refractivity (Wildman–Crippen MR) is 66.6 cm³/mol. The molecule has 0 aromatic carbocycles. The molecule has 4 nitrogen and oxygen atoms in total. The van der Waals surface area contributed by atoms with E-state index in [-0.39, 0.29) is 21.7 Å². The van der Waals surface area contributed by atoms with Gasteiger partial charge >= 0.3 is 0 Å². The Labute approximate surface area is 116 Å². The predicted octanol–water partition coefficient (Wildman–Crippen LogP) is 3.61. The molecule has 8 heteroatoms. The molecule has 0 bridgehead atoms. The first-order valence-electron chi connectivity index (χ1n) is 4.26. The zero-order chi connectivity index (χ0) is 12.6. The molecule has 0 saturated carbocycles. The van der Waals surface area contributed by atoms with Gasteiger partial charge in [-0.15, -0.1) is 0 Å². The molecule has 0 N–H and O–H groups in total. The standard InChI is InChI=1S/C9H3Cl4N3O/c10-4-1-5(11)9(14-3-4)16-6(8(13)17)2-7(12)15-16/h1-3H. The Kier molecular flexibility index (Phi) is 3.58. The number of halogens is 4. The number of hydrogen-bond acceptors (Lipinski definition) is 3. The molecule has 0 spiro atoms. The summed E-state index contributed by atoms with van der Waals surface area (Å²) in [6.45, 7) is 0. The Hall–Kier alpha value is -0.810. The van der Waals surface area contributed by atoms with E-state index >= 15 is 0 Å². The SMILES string of the molecule is O=C(Cl)c1cc(Cl)nn1-c1ncc(Cl)cc1Cl. The van der Waals surface area contributed by atoms with Gasteiger partial charge in [0.05, 0.1) is 10.0 Å². The average molecular weight is 311 g/mol. The van der Waals surface area contributed by atoms with Crippen LogP contribution >= 0.6 is 46.4 Å². The van der Waals surface area contributed by atoms with Crippen LogP contribution in [0.5, 0.6) is 0 Å². The summed E-state index contributed by atoms with van der Waals surface area (Å²) in [7, 11) is 0. The molecule has 0 aliphatic rings. The smallest absolute Gasteiger partial charge is 0.271 e. The third-order valence-corrected chi connectivity index (χ3v) is 2.73. The molecule has 2 aromatic rings. The van der Waals surface area contributed by atoms with Gasteiger partial charge < -0.3 is 0 Å². The van der Waals surface area contributed by atoms with Crippen molar-refractivity contribution in [3.63, 3.8) is 0 Å². The maximum absolute atomic E-state index is 11.2. The van der Waals surface area contributed by atoms with Gasteiger partial charge in [0.2, 0.25) is 0 Å². The van der Waals surface area contributed by atoms with Crippen LogP contribution in [0.4, 0.5) is 0 Å². The zero-order valence-electron chi connectivity index (χ0n) is 7.99. The second kappa shape index (κ2) is 4.82. The van der Waals surface area contributed by atoms with E-state index in [1.165, 1.54) is 18.3 Å². The van der Waals surface area contributed by atoms with Crippen LogP contribution in [-0.2, 0) is 0 Å². The fraction of sp³-hybridized carbons (Fsp3) is 0. The summed E-state index contributed by atoms with van der Waals surface area (Å²) >= 11 is 22.8. The Morgan fingerprint density at radius 3 is 2.53 bits per heavy atom. The van der Waals surface area contributed by atoms with E-state index in [4.69, 9.17) is 46.4 Å². The summed E-state index contributed by atoms with van der Waals surface area (Å²) in [5, 5.41) is 3.89. The van der Waals surface area contributed by atoms with Crippen LogP contribution in [0.25, 0.3) is 5.82 Å². The highest BCUT2D eigenvalue weighted by Gasteiger charge is 2.17. The van der Waals surface area contributed by atoms with Gasteiger partial charge in [-0.25, -0.2) is 9.67 Å². The summed E-state index contributed by atoms with van der Waals surface area (Å²) in [5.74, 6) is 0.229. The van der Waals surface area contributed by atoms with E-state index < -0.39 is 5.24 Å². The van der Waals surface area contributed by atoms with Crippen molar-refractivity contribution in [3.8, 4) is 5.82 Å². The number of carbonyl (C=O) groups excluding carboxylic acids is 1. The monoisotopic (exact) mass is 309 g/mol. The lowest BCUT2D eigenvalue weighted by atomic mass is 10.4. The minimum atomic E-state index is -0.711. The minimum Gasteiger partial charge on any atom is -0.274 e. The van der Waals surface area contributed by atoms with Crippen molar-refractivity contribution in [3.05, 3.63) is 39.2 Å². The lowest BCUT2D eigenvalue weighted by molar-refractivity contribution is 0.107. The van der Waals surface area contributed by atoms with Crippen molar-refractivity contribution >= 4 is 51.6 Å². The van der Waals surface area contributed by atoms with Crippen LogP contribution in [0.15, 0.2) is 18.3 Å². The molecule has 0 radical (unpaired) electrons. The largest absolute Gasteiger partial charge is 0.274 e. The van der Waals surface area contributed by atoms with Crippen molar-refractivity contribution in [2.45, 2.75) is 0 Å². The minimum absolute atomic E-state index is 0.0772. The van der Waals surface area contributed by atoms with Crippen molar-refractivity contribution in [2.75, 3.05) is 0 Å². The topological polar surface area (TPSA) is 47.8 Å². The van der Waals surface area contributed by atoms with E-state index in [0.29, 0.717) is 5.02 Å². The van der Waals surface area contributed by atoms with Crippen molar-refractivity contribution in [2.24, 2.45) is 0 Å². The molecule has 2 rings (SSSR count). The average Bonchev–Trinajstić information content (AvgIpc) is 2.60. The summed E-state index contributed by atoms with van der Waals surface area (Å²) in [4.78, 5) is 15.2. The van der Waals surface area contributed by atoms with Gasteiger partial charge in [-0.3, -0.25) is 4.79 Å². The third-order valence-electron chi connectivity index (χ3n) is 1.87. The molecular formula is C9H3Cl4N3O. The van der Waals surface area contributed by atoms with Gasteiger partial charge in [-0.2, -0.15) is 5.10 Å². The second-order valence-corrected chi connectivity index (χ2v) is 4.57. The van der Waals surface area contributed by atoms with Crippen molar-refractivity contribution in [1.29, 1.82) is 0 Å². The van der Waals surface area contributed by atoms with Gasteiger partial charge in [0.1, 0.15) is 5.69 Å². The highest BCUT2D eigenvalue weighted by atomic mass is 35.5. The maximum atomic E-state index is 11.2. The number of pyridine rings is 1. The maximum Gasteiger partial charge on any atom is 0.271 e.